The molecule has 24 heavy (non-hydrogen) atoms. The first-order chi connectivity index (χ1) is 11.6. The zero-order chi connectivity index (χ0) is 17.1. The van der Waals surface area contributed by atoms with Crippen molar-refractivity contribution in [3.05, 3.63) is 39.7 Å². The Balaban J connectivity index is 2.02. The van der Waals surface area contributed by atoms with Gasteiger partial charge in [0.05, 0.1) is 18.7 Å². The van der Waals surface area contributed by atoms with Crippen molar-refractivity contribution < 1.29 is 14.3 Å². The van der Waals surface area contributed by atoms with Gasteiger partial charge in [-0.1, -0.05) is 13.3 Å². The topological polar surface area (TPSA) is 68.4 Å². The predicted octanol–water partition coefficient (Wildman–Crippen LogP) is 3.45. The van der Waals surface area contributed by atoms with Crippen molar-refractivity contribution >= 4 is 16.9 Å². The second kappa shape index (κ2) is 7.07. The van der Waals surface area contributed by atoms with Crippen LogP contribution in [0.3, 0.4) is 0 Å². The Hall–Kier alpha value is -2.30. The van der Waals surface area contributed by atoms with Crippen LogP contribution in [0.2, 0.25) is 0 Å². The normalized spacial score (nSPS) is 13.9. The van der Waals surface area contributed by atoms with E-state index in [0.29, 0.717) is 16.8 Å². The summed E-state index contributed by atoms with van der Waals surface area (Å²) in [7, 11) is 0. The van der Waals surface area contributed by atoms with E-state index >= 15 is 0 Å². The molecule has 0 radical (unpaired) electrons. The van der Waals surface area contributed by atoms with Gasteiger partial charge in [0.25, 0.3) is 0 Å². The van der Waals surface area contributed by atoms with E-state index in [4.69, 9.17) is 9.47 Å². The molecule has 2 aromatic rings. The van der Waals surface area contributed by atoms with Crippen LogP contribution in [0.15, 0.2) is 23.1 Å². The van der Waals surface area contributed by atoms with Crippen LogP contribution in [-0.2, 0) is 11.2 Å². The van der Waals surface area contributed by atoms with Crippen LogP contribution < -0.4 is 10.2 Å². The molecule has 0 saturated heterocycles. The number of carbonyl (C=O) groups excluding carboxylic acids is 1. The Bertz CT molecular complexity index is 805. The highest BCUT2D eigenvalue weighted by molar-refractivity contribution is 5.94. The van der Waals surface area contributed by atoms with Crippen LogP contribution in [0.5, 0.6) is 5.75 Å². The van der Waals surface area contributed by atoms with Crippen molar-refractivity contribution in [2.45, 2.75) is 39.5 Å². The van der Waals surface area contributed by atoms with Crippen LogP contribution in [0, 0.1) is 5.92 Å². The number of aromatic nitrogens is 1. The summed E-state index contributed by atoms with van der Waals surface area (Å²) in [5.74, 6) is 0.906. The van der Waals surface area contributed by atoms with Crippen molar-refractivity contribution in [3.63, 3.8) is 0 Å². The molecule has 1 heterocycles. The van der Waals surface area contributed by atoms with Crippen LogP contribution in [-0.4, -0.2) is 24.2 Å². The van der Waals surface area contributed by atoms with E-state index in [9.17, 15) is 9.59 Å². The maximum atomic E-state index is 12.6. The molecule has 1 aliphatic carbocycles. The third-order valence-electron chi connectivity index (χ3n) is 4.25. The third-order valence-corrected chi connectivity index (χ3v) is 4.25. The Labute approximate surface area is 141 Å². The number of fused-ring (bicyclic) bond motifs is 1. The highest BCUT2D eigenvalue weighted by Crippen LogP contribution is 2.31. The predicted molar refractivity (Wildman–Crippen MR) is 92.7 cm³/mol. The van der Waals surface area contributed by atoms with Gasteiger partial charge in [-0.3, -0.25) is 4.79 Å². The highest BCUT2D eigenvalue weighted by atomic mass is 16.5. The van der Waals surface area contributed by atoms with Gasteiger partial charge in [-0.15, -0.1) is 0 Å². The van der Waals surface area contributed by atoms with E-state index in [1.165, 1.54) is 19.0 Å². The summed E-state index contributed by atoms with van der Waals surface area (Å²) >= 11 is 0. The number of carbonyl (C=O) groups is 1. The third kappa shape index (κ3) is 3.45. The molecule has 0 unspecified atom stereocenters. The molecule has 0 bridgehead atoms. The van der Waals surface area contributed by atoms with Gasteiger partial charge in [0.1, 0.15) is 11.3 Å². The van der Waals surface area contributed by atoms with Crippen LogP contribution in [0.4, 0.5) is 0 Å². The second-order valence-electron chi connectivity index (χ2n) is 6.26. The quantitative estimate of drug-likeness (QED) is 0.790. The monoisotopic (exact) mass is 329 g/mol. The zero-order valence-corrected chi connectivity index (χ0v) is 14.2. The lowest BCUT2D eigenvalue weighted by Crippen LogP contribution is -2.18. The van der Waals surface area contributed by atoms with E-state index in [2.05, 4.69) is 11.9 Å². The van der Waals surface area contributed by atoms with E-state index in [1.807, 2.05) is 12.1 Å². The van der Waals surface area contributed by atoms with Crippen molar-refractivity contribution in [1.82, 2.24) is 4.98 Å². The molecule has 0 spiro atoms. The van der Waals surface area contributed by atoms with E-state index in [0.717, 1.165) is 30.8 Å². The van der Waals surface area contributed by atoms with Crippen molar-refractivity contribution in [2.24, 2.45) is 5.92 Å². The minimum absolute atomic E-state index is 0.0402. The number of aryl methyl sites for hydroxylation is 1. The number of benzene rings is 1. The minimum atomic E-state index is -0.591. The van der Waals surface area contributed by atoms with E-state index < -0.39 is 5.97 Å². The molecule has 1 aliphatic rings. The molecule has 0 aliphatic heterocycles. The van der Waals surface area contributed by atoms with Gasteiger partial charge in [-0.2, -0.15) is 0 Å². The second-order valence-corrected chi connectivity index (χ2v) is 6.26. The Morgan fingerprint density at radius 1 is 1.29 bits per heavy atom. The minimum Gasteiger partial charge on any atom is -0.493 e. The number of aromatic amines is 1. The molecule has 1 fully saturated rings. The van der Waals surface area contributed by atoms with Gasteiger partial charge in [0, 0.05) is 17.6 Å². The van der Waals surface area contributed by atoms with Crippen molar-refractivity contribution in [1.29, 1.82) is 0 Å². The first-order valence-corrected chi connectivity index (χ1v) is 8.62. The first-order valence-electron chi connectivity index (χ1n) is 8.62. The first kappa shape index (κ1) is 16.6. The summed E-state index contributed by atoms with van der Waals surface area (Å²) in [6.45, 7) is 4.78. The van der Waals surface area contributed by atoms with E-state index in [-0.39, 0.29) is 17.6 Å². The standard InChI is InChI=1S/C19H23NO4/c1-3-5-13-8-14-16(9-17(13)24-11-12-6-7-12)20-10-15(18(14)21)19(22)23-4-2/h8-10,12H,3-7,11H2,1-2H3,(H,20,21). The number of esters is 1. The number of hydrogen-bond donors (Lipinski definition) is 1. The lowest BCUT2D eigenvalue weighted by molar-refractivity contribution is 0.0524. The Morgan fingerprint density at radius 2 is 2.08 bits per heavy atom. The SMILES string of the molecule is CCCc1cc2c(=O)c(C(=O)OCC)c[nH]c2cc1OCC1CC1. The lowest BCUT2D eigenvalue weighted by atomic mass is 10.0. The van der Waals surface area contributed by atoms with Crippen LogP contribution in [0.1, 0.15) is 49.0 Å². The zero-order valence-electron chi connectivity index (χ0n) is 14.2. The number of nitrogens with one attached hydrogen (secondary N) is 1. The Morgan fingerprint density at radius 3 is 2.75 bits per heavy atom. The van der Waals surface area contributed by atoms with Gasteiger partial charge in [-0.25, -0.2) is 4.79 Å². The molecular formula is C19H23NO4. The largest absolute Gasteiger partial charge is 0.493 e. The molecular weight excluding hydrogens is 306 g/mol. The highest BCUT2D eigenvalue weighted by Gasteiger charge is 2.23. The van der Waals surface area contributed by atoms with Gasteiger partial charge >= 0.3 is 5.97 Å². The van der Waals surface area contributed by atoms with Crippen LogP contribution >= 0.6 is 0 Å². The summed E-state index contributed by atoms with van der Waals surface area (Å²) in [5, 5.41) is 0.503. The summed E-state index contributed by atoms with van der Waals surface area (Å²) in [6.07, 6.45) is 5.68. The molecule has 128 valence electrons. The molecule has 5 nitrogen and oxygen atoms in total. The molecule has 5 heteroatoms. The number of ether oxygens (including phenoxy) is 2. The number of hydrogen-bond acceptors (Lipinski definition) is 4. The van der Waals surface area contributed by atoms with Crippen molar-refractivity contribution in [2.75, 3.05) is 13.2 Å². The van der Waals surface area contributed by atoms with Crippen molar-refractivity contribution in [3.8, 4) is 5.75 Å². The molecule has 0 amide bonds. The summed E-state index contributed by atoms with van der Waals surface area (Å²) in [4.78, 5) is 27.6. The number of pyridine rings is 1. The average molecular weight is 329 g/mol. The fourth-order valence-corrected chi connectivity index (χ4v) is 2.74. The summed E-state index contributed by atoms with van der Waals surface area (Å²) in [6, 6.07) is 3.72. The van der Waals surface area contributed by atoms with E-state index in [1.54, 1.807) is 6.92 Å². The molecule has 0 atom stereocenters. The molecule has 3 rings (SSSR count). The van der Waals surface area contributed by atoms with Crippen LogP contribution in [0.25, 0.3) is 10.9 Å². The molecule has 1 aromatic heterocycles. The average Bonchev–Trinajstić information content (AvgIpc) is 3.38. The van der Waals surface area contributed by atoms with Gasteiger partial charge in [-0.05, 0) is 43.7 Å². The summed E-state index contributed by atoms with van der Waals surface area (Å²) in [5.41, 5.74) is 1.43. The lowest BCUT2D eigenvalue weighted by Gasteiger charge is -2.13. The van der Waals surface area contributed by atoms with Gasteiger partial charge in [0.15, 0.2) is 0 Å². The summed E-state index contributed by atoms with van der Waals surface area (Å²) < 4.78 is 10.9. The number of rotatable bonds is 7. The maximum Gasteiger partial charge on any atom is 0.343 e. The fourth-order valence-electron chi connectivity index (χ4n) is 2.74. The molecule has 1 saturated carbocycles. The number of H-pyrrole nitrogens is 1. The maximum absolute atomic E-state index is 12.6. The molecule has 1 aromatic carbocycles. The van der Waals surface area contributed by atoms with Gasteiger partial charge < -0.3 is 14.5 Å². The fraction of sp³-hybridized carbons (Fsp3) is 0.474. The smallest absolute Gasteiger partial charge is 0.343 e. The molecule has 1 N–H and O–H groups in total. The van der Waals surface area contributed by atoms with Gasteiger partial charge in [0.2, 0.25) is 5.43 Å². The Kier molecular flexibility index (Phi) is 4.88.